The molecule has 2 heteroatoms. The van der Waals surface area contributed by atoms with Crippen LogP contribution >= 0.6 is 0 Å². The lowest BCUT2D eigenvalue weighted by molar-refractivity contribution is 0.0912. The van der Waals surface area contributed by atoms with Crippen LogP contribution in [-0.2, 0) is 6.42 Å². The standard InChI is InChI=1S/C18H28N2/c1-15(8-9-16-6-4-3-5-7-16)20-13-12-19-18(2,14-20)17-10-11-17/h3-7,15,17,19H,8-14H2,1-2H3. The zero-order valence-electron chi connectivity index (χ0n) is 12.9. The van der Waals surface area contributed by atoms with Crippen molar-refractivity contribution in [3.05, 3.63) is 35.9 Å². The molecular formula is C18H28N2. The smallest absolute Gasteiger partial charge is 0.0309 e. The van der Waals surface area contributed by atoms with E-state index >= 15 is 0 Å². The number of hydrogen-bond donors (Lipinski definition) is 1. The average Bonchev–Trinajstić information content (AvgIpc) is 3.31. The minimum absolute atomic E-state index is 0.374. The molecule has 1 heterocycles. The van der Waals surface area contributed by atoms with Crippen LogP contribution in [0.1, 0.15) is 38.7 Å². The normalized spacial score (nSPS) is 29.3. The molecule has 0 spiro atoms. The molecule has 1 aromatic carbocycles. The van der Waals surface area contributed by atoms with Gasteiger partial charge in [0.2, 0.25) is 0 Å². The fourth-order valence-electron chi connectivity index (χ4n) is 3.61. The van der Waals surface area contributed by atoms with Gasteiger partial charge in [-0.2, -0.15) is 0 Å². The number of rotatable bonds is 5. The lowest BCUT2D eigenvalue weighted by atomic mass is 9.91. The number of hydrogen-bond acceptors (Lipinski definition) is 2. The summed E-state index contributed by atoms with van der Waals surface area (Å²) in [7, 11) is 0. The van der Waals surface area contributed by atoms with Crippen molar-refractivity contribution in [2.75, 3.05) is 19.6 Å². The molecule has 1 aliphatic heterocycles. The summed E-state index contributed by atoms with van der Waals surface area (Å²) in [6.45, 7) is 8.43. The Morgan fingerprint density at radius 2 is 2.05 bits per heavy atom. The third-order valence-electron chi connectivity index (χ3n) is 5.25. The van der Waals surface area contributed by atoms with E-state index in [2.05, 4.69) is 54.4 Å². The first-order valence-electron chi connectivity index (χ1n) is 8.20. The van der Waals surface area contributed by atoms with E-state index in [0.29, 0.717) is 11.6 Å². The summed E-state index contributed by atoms with van der Waals surface area (Å²) in [6.07, 6.45) is 5.32. The summed E-state index contributed by atoms with van der Waals surface area (Å²) < 4.78 is 0. The molecule has 2 nitrogen and oxygen atoms in total. The summed E-state index contributed by atoms with van der Waals surface area (Å²) in [4.78, 5) is 2.71. The number of piperazine rings is 1. The van der Waals surface area contributed by atoms with Crippen LogP contribution < -0.4 is 5.32 Å². The Morgan fingerprint density at radius 1 is 1.30 bits per heavy atom. The largest absolute Gasteiger partial charge is 0.309 e. The van der Waals surface area contributed by atoms with Crippen LogP contribution in [0.25, 0.3) is 0 Å². The predicted octanol–water partition coefficient (Wildman–Crippen LogP) is 3.08. The third kappa shape index (κ3) is 3.24. The number of benzene rings is 1. The molecule has 1 saturated carbocycles. The van der Waals surface area contributed by atoms with Crippen LogP contribution in [0.5, 0.6) is 0 Å². The predicted molar refractivity (Wildman–Crippen MR) is 84.9 cm³/mol. The van der Waals surface area contributed by atoms with Gasteiger partial charge in [0, 0.05) is 31.2 Å². The van der Waals surface area contributed by atoms with Gasteiger partial charge >= 0.3 is 0 Å². The second-order valence-electron chi connectivity index (χ2n) is 6.96. The summed E-state index contributed by atoms with van der Waals surface area (Å²) in [5.41, 5.74) is 1.85. The van der Waals surface area contributed by atoms with E-state index in [9.17, 15) is 0 Å². The monoisotopic (exact) mass is 272 g/mol. The molecule has 20 heavy (non-hydrogen) atoms. The van der Waals surface area contributed by atoms with E-state index < -0.39 is 0 Å². The van der Waals surface area contributed by atoms with Crippen molar-refractivity contribution < 1.29 is 0 Å². The Kier molecular flexibility index (Phi) is 4.13. The van der Waals surface area contributed by atoms with Crippen molar-refractivity contribution in [1.82, 2.24) is 10.2 Å². The van der Waals surface area contributed by atoms with Crippen molar-refractivity contribution in [3.63, 3.8) is 0 Å². The van der Waals surface area contributed by atoms with Crippen LogP contribution in [0.3, 0.4) is 0 Å². The fourth-order valence-corrected chi connectivity index (χ4v) is 3.61. The molecule has 2 aliphatic rings. The van der Waals surface area contributed by atoms with E-state index in [-0.39, 0.29) is 0 Å². The van der Waals surface area contributed by atoms with Crippen LogP contribution in [-0.4, -0.2) is 36.1 Å². The van der Waals surface area contributed by atoms with Crippen molar-refractivity contribution >= 4 is 0 Å². The van der Waals surface area contributed by atoms with Crippen molar-refractivity contribution in [2.45, 2.75) is 51.1 Å². The van der Waals surface area contributed by atoms with E-state index in [1.807, 2.05) is 0 Å². The average molecular weight is 272 g/mol. The molecule has 1 aromatic rings. The van der Waals surface area contributed by atoms with E-state index in [4.69, 9.17) is 0 Å². The maximum atomic E-state index is 3.77. The molecule has 0 amide bonds. The van der Waals surface area contributed by atoms with Gasteiger partial charge in [0.15, 0.2) is 0 Å². The second-order valence-corrected chi connectivity index (χ2v) is 6.96. The van der Waals surface area contributed by atoms with E-state index in [1.165, 1.54) is 44.3 Å². The van der Waals surface area contributed by atoms with Crippen molar-refractivity contribution in [3.8, 4) is 0 Å². The highest BCUT2D eigenvalue weighted by molar-refractivity contribution is 5.14. The number of nitrogens with one attached hydrogen (secondary N) is 1. The zero-order valence-corrected chi connectivity index (χ0v) is 12.9. The van der Waals surface area contributed by atoms with Gasteiger partial charge < -0.3 is 5.32 Å². The summed E-state index contributed by atoms with van der Waals surface area (Å²) in [5, 5.41) is 3.77. The van der Waals surface area contributed by atoms with Crippen molar-refractivity contribution in [1.29, 1.82) is 0 Å². The summed E-state index contributed by atoms with van der Waals surface area (Å²) in [6, 6.07) is 11.6. The van der Waals surface area contributed by atoms with Crippen LogP contribution in [0, 0.1) is 5.92 Å². The van der Waals surface area contributed by atoms with E-state index in [1.54, 1.807) is 0 Å². The second kappa shape index (κ2) is 5.87. The number of nitrogens with zero attached hydrogens (tertiary/aromatic N) is 1. The molecule has 2 atom stereocenters. The highest BCUT2D eigenvalue weighted by atomic mass is 15.2. The van der Waals surface area contributed by atoms with Gasteiger partial charge in [0.1, 0.15) is 0 Å². The van der Waals surface area contributed by atoms with E-state index in [0.717, 1.165) is 12.5 Å². The van der Waals surface area contributed by atoms with Gasteiger partial charge in [-0.05, 0) is 51.0 Å². The molecule has 0 aromatic heterocycles. The Labute approximate surface area is 123 Å². The fraction of sp³-hybridized carbons (Fsp3) is 0.667. The maximum Gasteiger partial charge on any atom is 0.0309 e. The Bertz CT molecular complexity index is 426. The molecular weight excluding hydrogens is 244 g/mol. The van der Waals surface area contributed by atoms with Gasteiger partial charge in [-0.15, -0.1) is 0 Å². The molecule has 0 bridgehead atoms. The molecule has 1 aliphatic carbocycles. The van der Waals surface area contributed by atoms with Crippen LogP contribution in [0.2, 0.25) is 0 Å². The Balaban J connectivity index is 1.52. The van der Waals surface area contributed by atoms with Gasteiger partial charge in [0.25, 0.3) is 0 Å². The molecule has 2 fully saturated rings. The Hall–Kier alpha value is -0.860. The molecule has 110 valence electrons. The maximum absolute atomic E-state index is 3.77. The molecule has 2 unspecified atom stereocenters. The van der Waals surface area contributed by atoms with Gasteiger partial charge in [-0.3, -0.25) is 4.90 Å². The first kappa shape index (κ1) is 14.1. The molecule has 1 saturated heterocycles. The van der Waals surface area contributed by atoms with Gasteiger partial charge in [0.05, 0.1) is 0 Å². The molecule has 0 radical (unpaired) electrons. The minimum atomic E-state index is 0.374. The van der Waals surface area contributed by atoms with Crippen LogP contribution in [0.15, 0.2) is 30.3 Å². The first-order chi connectivity index (χ1) is 9.67. The summed E-state index contributed by atoms with van der Waals surface area (Å²) >= 11 is 0. The van der Waals surface area contributed by atoms with Crippen molar-refractivity contribution in [2.24, 2.45) is 5.92 Å². The zero-order chi connectivity index (χ0) is 14.0. The lowest BCUT2D eigenvalue weighted by Crippen LogP contribution is -2.61. The highest BCUT2D eigenvalue weighted by Gasteiger charge is 2.44. The SMILES string of the molecule is CC(CCc1ccccc1)N1CCNC(C)(C2CC2)C1. The molecule has 3 rings (SSSR count). The Morgan fingerprint density at radius 3 is 2.75 bits per heavy atom. The minimum Gasteiger partial charge on any atom is -0.309 e. The third-order valence-corrected chi connectivity index (χ3v) is 5.25. The van der Waals surface area contributed by atoms with Crippen LogP contribution in [0.4, 0.5) is 0 Å². The lowest BCUT2D eigenvalue weighted by Gasteiger charge is -2.44. The first-order valence-corrected chi connectivity index (χ1v) is 8.20. The quantitative estimate of drug-likeness (QED) is 0.886. The highest BCUT2D eigenvalue weighted by Crippen LogP contribution is 2.41. The van der Waals surface area contributed by atoms with Gasteiger partial charge in [-0.1, -0.05) is 30.3 Å². The topological polar surface area (TPSA) is 15.3 Å². The molecule has 1 N–H and O–H groups in total. The number of aryl methyl sites for hydroxylation is 1. The summed E-state index contributed by atoms with van der Waals surface area (Å²) in [5.74, 6) is 0.923. The van der Waals surface area contributed by atoms with Gasteiger partial charge in [-0.25, -0.2) is 0 Å².